The van der Waals surface area contributed by atoms with Crippen LogP contribution in [0.2, 0.25) is 5.82 Å². The number of carbonyl (C=O) groups is 1. The molecule has 0 spiro atoms. The van der Waals surface area contributed by atoms with Gasteiger partial charge in [-0.25, -0.2) is 0 Å². The minimum atomic E-state index is -0.352. The molecule has 4 atom stereocenters. The Hall–Kier alpha value is -2.82. The average Bonchev–Trinajstić information content (AvgIpc) is 3.16. The van der Waals surface area contributed by atoms with E-state index in [0.29, 0.717) is 12.3 Å². The molecule has 35 heavy (non-hydrogen) atoms. The van der Waals surface area contributed by atoms with E-state index in [-0.39, 0.29) is 29.2 Å². The van der Waals surface area contributed by atoms with Crippen molar-refractivity contribution >= 4 is 19.0 Å². The lowest BCUT2D eigenvalue weighted by molar-refractivity contribution is -0.653. The number of esters is 1. The zero-order chi connectivity index (χ0) is 25.0. The van der Waals surface area contributed by atoms with Gasteiger partial charge in [0.15, 0.2) is 0 Å². The maximum absolute atomic E-state index is 13.8. The van der Waals surface area contributed by atoms with Crippen molar-refractivity contribution in [3.63, 3.8) is 0 Å². The molecule has 4 rings (SSSR count). The van der Waals surface area contributed by atoms with Crippen LogP contribution in [0.15, 0.2) is 73.1 Å². The largest absolute Gasteiger partial charge is 0.464 e. The first-order chi connectivity index (χ1) is 16.8. The smallest absolute Gasteiger partial charge is 0.268 e. The summed E-state index contributed by atoms with van der Waals surface area (Å²) in [5, 5.41) is 0. The Morgan fingerprint density at radius 3 is 2.40 bits per heavy atom. The van der Waals surface area contributed by atoms with Gasteiger partial charge in [0.2, 0.25) is 0 Å². The first kappa shape index (κ1) is 25.3. The lowest BCUT2D eigenvalue weighted by atomic mass is 9.60. The van der Waals surface area contributed by atoms with Gasteiger partial charge >= 0.3 is 0 Å². The Morgan fingerprint density at radius 2 is 1.77 bits per heavy atom. The van der Waals surface area contributed by atoms with E-state index >= 15 is 0 Å². The summed E-state index contributed by atoms with van der Waals surface area (Å²) in [6, 6.07) is 20.9. The first-order valence-corrected chi connectivity index (χ1v) is 12.9. The lowest BCUT2D eigenvalue weighted by Gasteiger charge is -2.44. The van der Waals surface area contributed by atoms with Crippen LogP contribution in [0.25, 0.3) is 0 Å². The Kier molecular flexibility index (Phi) is 7.83. The summed E-state index contributed by atoms with van der Waals surface area (Å²) in [5.41, 5.74) is 3.38. The van der Waals surface area contributed by atoms with Gasteiger partial charge in [0, 0.05) is 11.6 Å². The van der Waals surface area contributed by atoms with Crippen LogP contribution in [0.4, 0.5) is 0 Å². The highest BCUT2D eigenvalue weighted by atomic mass is 16.5. The molecule has 1 heterocycles. The van der Waals surface area contributed by atoms with E-state index in [2.05, 4.69) is 79.6 Å². The predicted octanol–water partition coefficient (Wildman–Crippen LogP) is 4.54. The van der Waals surface area contributed by atoms with Gasteiger partial charge in [0.25, 0.3) is 5.97 Å². The van der Waals surface area contributed by atoms with E-state index in [1.807, 2.05) is 44.7 Å². The van der Waals surface area contributed by atoms with Crippen LogP contribution in [0.3, 0.4) is 0 Å². The van der Waals surface area contributed by atoms with Crippen LogP contribution in [-0.2, 0) is 35.5 Å². The molecule has 0 aliphatic heterocycles. The van der Waals surface area contributed by atoms with Gasteiger partial charge in [-0.05, 0) is 29.7 Å². The second-order valence-corrected chi connectivity index (χ2v) is 10.9. The Labute approximate surface area is 211 Å². The number of rotatable bonds is 8. The van der Waals surface area contributed by atoms with Crippen molar-refractivity contribution in [3.05, 3.63) is 84.2 Å². The van der Waals surface area contributed by atoms with Crippen molar-refractivity contribution in [2.24, 2.45) is 25.9 Å². The Balaban J connectivity index is 1.58. The minimum absolute atomic E-state index is 0.0739. The summed E-state index contributed by atoms with van der Waals surface area (Å²) >= 11 is 0. The Morgan fingerprint density at radius 1 is 1.11 bits per heavy atom. The van der Waals surface area contributed by atoms with Crippen LogP contribution < -0.4 is 10.3 Å². The van der Waals surface area contributed by atoms with Gasteiger partial charge in [-0.1, -0.05) is 99.8 Å². The molecule has 4 nitrogen and oxygen atoms in total. The van der Waals surface area contributed by atoms with E-state index in [0.717, 1.165) is 24.1 Å². The van der Waals surface area contributed by atoms with Crippen molar-refractivity contribution in [3.8, 4) is 0 Å². The number of benzene rings is 2. The lowest BCUT2D eigenvalue weighted by Crippen LogP contribution is -2.52. The maximum Gasteiger partial charge on any atom is 0.268 e. The molecule has 3 aromatic rings. The van der Waals surface area contributed by atoms with Crippen LogP contribution in [0.5, 0.6) is 0 Å². The number of aromatic nitrogens is 2. The topological polar surface area (TPSA) is 35.1 Å². The number of hydrogen-bond donors (Lipinski definition) is 0. The molecule has 0 saturated heterocycles. The summed E-state index contributed by atoms with van der Waals surface area (Å²) < 4.78 is 10.6. The quantitative estimate of drug-likeness (QED) is 0.275. The van der Waals surface area contributed by atoms with Crippen molar-refractivity contribution in [1.82, 2.24) is 4.57 Å². The maximum atomic E-state index is 13.8. The van der Waals surface area contributed by atoms with Crippen molar-refractivity contribution in [1.29, 1.82) is 0 Å². The van der Waals surface area contributed by atoms with Crippen LogP contribution in [-0.4, -0.2) is 23.9 Å². The molecule has 2 radical (unpaired) electrons. The number of aryl methyl sites for hydroxylation is 2. The molecule has 0 bridgehead atoms. The van der Waals surface area contributed by atoms with E-state index in [4.69, 9.17) is 4.74 Å². The first-order valence-electron chi connectivity index (χ1n) is 12.9. The molecule has 1 saturated carbocycles. The summed E-state index contributed by atoms with van der Waals surface area (Å²) in [6.07, 6.45) is 7.72. The zero-order valence-corrected chi connectivity index (χ0v) is 21.9. The van der Waals surface area contributed by atoms with Gasteiger partial charge in [0.05, 0.1) is 14.1 Å². The number of carbonyl (C=O) groups excluding carboxylic acids is 1. The van der Waals surface area contributed by atoms with Gasteiger partial charge in [-0.3, -0.25) is 13.9 Å². The Bertz CT molecular complexity index is 1090. The van der Waals surface area contributed by atoms with E-state index in [1.54, 1.807) is 0 Å². The number of hydrogen-bond acceptors (Lipinski definition) is 2. The molecule has 1 aliphatic rings. The van der Waals surface area contributed by atoms with Crippen molar-refractivity contribution < 1.29 is 14.1 Å². The summed E-state index contributed by atoms with van der Waals surface area (Å²) in [6.45, 7) is 6.90. The van der Waals surface area contributed by atoms with Gasteiger partial charge < -0.3 is 4.74 Å². The highest BCUT2D eigenvalue weighted by Crippen LogP contribution is 2.44. The third kappa shape index (κ3) is 5.88. The fourth-order valence-corrected chi connectivity index (χ4v) is 5.70. The molecule has 1 aromatic heterocycles. The monoisotopic (exact) mass is 470 g/mol. The third-order valence-corrected chi connectivity index (χ3v) is 7.95. The summed E-state index contributed by atoms with van der Waals surface area (Å²) in [4.78, 5) is 13.8. The van der Waals surface area contributed by atoms with Crippen LogP contribution >= 0.6 is 0 Å². The highest BCUT2D eigenvalue weighted by molar-refractivity contribution is 6.56. The number of imidazole rings is 1. The second-order valence-electron chi connectivity index (χ2n) is 10.9. The second kappa shape index (κ2) is 10.8. The zero-order valence-electron chi connectivity index (χ0n) is 21.9. The molecule has 0 amide bonds. The SMILES string of the molecule is C[C@@H]1CC[C@@H](C(C)(C)c2ccccc2)[C@H](OC(=O)C([B-]c2n(C)cc[n+]2C)Cc2ccccc2)C1. The fraction of sp³-hybridized carbons (Fsp3) is 0.467. The molecule has 1 unspecified atom stereocenters. The van der Waals surface area contributed by atoms with E-state index < -0.39 is 0 Å². The molecule has 0 N–H and O–H groups in total. The summed E-state index contributed by atoms with van der Waals surface area (Å²) in [5.74, 6) is 0.365. The normalized spacial score (nSPS) is 21.5. The van der Waals surface area contributed by atoms with Gasteiger partial charge in [-0.15, -0.1) is 5.82 Å². The molecule has 184 valence electrons. The van der Waals surface area contributed by atoms with Crippen LogP contribution in [0.1, 0.15) is 51.2 Å². The molecule has 5 heteroatoms. The number of nitrogens with zero attached hydrogens (tertiary/aromatic N) is 2. The third-order valence-electron chi connectivity index (χ3n) is 7.95. The van der Waals surface area contributed by atoms with Gasteiger partial charge in [0.1, 0.15) is 18.5 Å². The highest BCUT2D eigenvalue weighted by Gasteiger charge is 2.42. The molecular weight excluding hydrogens is 431 g/mol. The molecule has 1 aliphatic carbocycles. The van der Waals surface area contributed by atoms with Crippen molar-refractivity contribution in [2.45, 2.75) is 63.8 Å². The molecular formula is C30H39BN2O2. The molecule has 1 fully saturated rings. The summed E-state index contributed by atoms with van der Waals surface area (Å²) in [7, 11) is 6.09. The van der Waals surface area contributed by atoms with E-state index in [1.165, 1.54) is 12.0 Å². The number of ether oxygens (including phenoxy) is 1. The predicted molar refractivity (Wildman–Crippen MR) is 142 cm³/mol. The van der Waals surface area contributed by atoms with Gasteiger partial charge in [-0.2, -0.15) is 7.28 Å². The molecule has 2 aromatic carbocycles. The van der Waals surface area contributed by atoms with E-state index in [9.17, 15) is 4.79 Å². The minimum Gasteiger partial charge on any atom is -0.464 e. The van der Waals surface area contributed by atoms with Crippen LogP contribution in [0, 0.1) is 11.8 Å². The average molecular weight is 470 g/mol. The fourth-order valence-electron chi connectivity index (χ4n) is 5.70. The van der Waals surface area contributed by atoms with Crippen molar-refractivity contribution in [2.75, 3.05) is 0 Å². The standard InChI is InChI=1S/C30H39BN2O2/c1-22-16-17-25(30(2,3)24-14-10-7-11-15-24)27(20-22)35-28(34)26(21-23-12-8-6-9-13-23)31-29-32(4)18-19-33(29)5/h6-15,18-19,22,25-27H,16-17,20-21H2,1-5H3/t22-,25-,26?,27-/m1/s1.